The first kappa shape index (κ1) is 20.8. The van der Waals surface area contributed by atoms with E-state index < -0.39 is 5.82 Å². The maximum Gasteiger partial charge on any atom is 0.225 e. The number of amides is 2. The van der Waals surface area contributed by atoms with Crippen molar-refractivity contribution in [2.75, 3.05) is 26.2 Å². The Labute approximate surface area is 170 Å². The number of nitrogens with one attached hydrogen (secondary N) is 1. The zero-order chi connectivity index (χ0) is 20.5. The molecule has 1 aliphatic rings. The fourth-order valence-electron chi connectivity index (χ4n) is 3.51. The summed E-state index contributed by atoms with van der Waals surface area (Å²) in [6, 6.07) is 16.4. The molecule has 154 valence electrons. The highest BCUT2D eigenvalue weighted by molar-refractivity contribution is 5.83. The van der Waals surface area contributed by atoms with Crippen molar-refractivity contribution in [2.24, 2.45) is 5.92 Å². The van der Waals surface area contributed by atoms with Gasteiger partial charge in [0, 0.05) is 19.5 Å². The van der Waals surface area contributed by atoms with E-state index in [9.17, 15) is 14.0 Å². The van der Waals surface area contributed by atoms with Gasteiger partial charge in [0.1, 0.15) is 6.61 Å². The van der Waals surface area contributed by atoms with Gasteiger partial charge in [0.15, 0.2) is 11.6 Å². The van der Waals surface area contributed by atoms with Crippen LogP contribution in [0.4, 0.5) is 4.39 Å². The van der Waals surface area contributed by atoms with Gasteiger partial charge in [-0.3, -0.25) is 9.59 Å². The minimum atomic E-state index is -0.421. The summed E-state index contributed by atoms with van der Waals surface area (Å²) in [5.41, 5.74) is 1.25. The fraction of sp³-hybridized carbons (Fsp3) is 0.391. The van der Waals surface area contributed by atoms with Crippen LogP contribution in [0.15, 0.2) is 54.6 Å². The van der Waals surface area contributed by atoms with E-state index in [-0.39, 0.29) is 30.1 Å². The Morgan fingerprint density at radius 2 is 1.90 bits per heavy atom. The molecular formula is C23H27FN2O3. The molecule has 0 spiro atoms. The first-order valence-electron chi connectivity index (χ1n) is 10.1. The monoisotopic (exact) mass is 398 g/mol. The molecule has 0 radical (unpaired) electrons. The summed E-state index contributed by atoms with van der Waals surface area (Å²) in [4.78, 5) is 26.4. The number of benzene rings is 2. The molecule has 29 heavy (non-hydrogen) atoms. The summed E-state index contributed by atoms with van der Waals surface area (Å²) in [5.74, 6) is -0.420. The van der Waals surface area contributed by atoms with Gasteiger partial charge in [0.25, 0.3) is 0 Å². The van der Waals surface area contributed by atoms with Crippen LogP contribution in [0, 0.1) is 11.7 Å². The third kappa shape index (κ3) is 6.31. The van der Waals surface area contributed by atoms with Crippen molar-refractivity contribution in [2.45, 2.75) is 25.7 Å². The number of hydrogen-bond acceptors (Lipinski definition) is 3. The van der Waals surface area contributed by atoms with E-state index in [4.69, 9.17) is 4.74 Å². The van der Waals surface area contributed by atoms with E-state index in [1.54, 1.807) is 23.1 Å². The summed E-state index contributed by atoms with van der Waals surface area (Å²) in [7, 11) is 0. The molecule has 3 rings (SSSR count). The molecule has 1 saturated heterocycles. The molecule has 0 bridgehead atoms. The average molecular weight is 398 g/mol. The zero-order valence-electron chi connectivity index (χ0n) is 16.5. The van der Waals surface area contributed by atoms with Gasteiger partial charge in [0.05, 0.1) is 12.5 Å². The number of aryl methyl sites for hydroxylation is 1. The van der Waals surface area contributed by atoms with E-state index >= 15 is 0 Å². The number of carbonyl (C=O) groups excluding carboxylic acids is 2. The van der Waals surface area contributed by atoms with Crippen molar-refractivity contribution in [3.63, 3.8) is 0 Å². The summed E-state index contributed by atoms with van der Waals surface area (Å²) in [6.45, 7) is 1.60. The lowest BCUT2D eigenvalue weighted by Gasteiger charge is -2.32. The van der Waals surface area contributed by atoms with Crippen LogP contribution in [0.1, 0.15) is 24.8 Å². The summed E-state index contributed by atoms with van der Waals surface area (Å²) in [6.07, 6.45) is 2.75. The normalized spacial score (nSPS) is 16.5. The van der Waals surface area contributed by atoms with Gasteiger partial charge in [-0.1, -0.05) is 42.5 Å². The van der Waals surface area contributed by atoms with Crippen LogP contribution in [-0.2, 0) is 16.0 Å². The van der Waals surface area contributed by atoms with Crippen LogP contribution in [0.3, 0.4) is 0 Å². The van der Waals surface area contributed by atoms with Gasteiger partial charge >= 0.3 is 0 Å². The van der Waals surface area contributed by atoms with Crippen LogP contribution < -0.4 is 10.1 Å². The maximum absolute atomic E-state index is 13.5. The Morgan fingerprint density at radius 3 is 2.69 bits per heavy atom. The average Bonchev–Trinajstić information content (AvgIpc) is 2.74. The molecule has 5 nitrogen and oxygen atoms in total. The standard InChI is InChI=1S/C23H27FN2O3/c24-20-10-4-5-11-21(20)29-16-14-25-23(28)19-12-13-22(27)26(17-19)15-6-9-18-7-2-1-3-8-18/h1-5,7-8,10-11,19H,6,9,12-17H2,(H,25,28)/t19-/m0/s1. The van der Waals surface area contributed by atoms with Crippen LogP contribution in [-0.4, -0.2) is 43.0 Å². The second-order valence-electron chi connectivity index (χ2n) is 7.23. The number of piperidine rings is 1. The van der Waals surface area contributed by atoms with Crippen molar-refractivity contribution >= 4 is 11.8 Å². The van der Waals surface area contributed by atoms with Crippen molar-refractivity contribution in [3.05, 3.63) is 66.0 Å². The summed E-state index contributed by atoms with van der Waals surface area (Å²) < 4.78 is 18.9. The predicted octanol–water partition coefficient (Wildman–Crippen LogP) is 3.19. The Kier molecular flexibility index (Phi) is 7.61. The third-order valence-corrected chi connectivity index (χ3v) is 5.10. The lowest BCUT2D eigenvalue weighted by molar-refractivity contribution is -0.138. The molecule has 0 unspecified atom stereocenters. The number of rotatable bonds is 9. The number of halogens is 1. The Hall–Kier alpha value is -2.89. The molecule has 0 aromatic heterocycles. The van der Waals surface area contributed by atoms with Gasteiger partial charge in [-0.05, 0) is 37.0 Å². The molecule has 1 fully saturated rings. The number of carbonyl (C=O) groups is 2. The maximum atomic E-state index is 13.5. The SMILES string of the molecule is O=C(NCCOc1ccccc1F)[C@H]1CCC(=O)N(CCCc2ccccc2)C1. The number of ether oxygens (including phenoxy) is 1. The van der Waals surface area contributed by atoms with Crippen LogP contribution >= 0.6 is 0 Å². The van der Waals surface area contributed by atoms with Gasteiger partial charge in [-0.2, -0.15) is 0 Å². The third-order valence-electron chi connectivity index (χ3n) is 5.10. The van der Waals surface area contributed by atoms with Gasteiger partial charge in [0.2, 0.25) is 11.8 Å². The van der Waals surface area contributed by atoms with Crippen LogP contribution in [0.2, 0.25) is 0 Å². The Balaban J connectivity index is 1.38. The van der Waals surface area contributed by atoms with Crippen molar-refractivity contribution in [3.8, 4) is 5.75 Å². The fourth-order valence-corrected chi connectivity index (χ4v) is 3.51. The molecule has 2 aromatic carbocycles. The second-order valence-corrected chi connectivity index (χ2v) is 7.23. The quantitative estimate of drug-likeness (QED) is 0.660. The first-order chi connectivity index (χ1) is 14.1. The summed E-state index contributed by atoms with van der Waals surface area (Å²) >= 11 is 0. The summed E-state index contributed by atoms with van der Waals surface area (Å²) in [5, 5.41) is 2.84. The molecule has 1 atom stereocenters. The number of para-hydroxylation sites is 1. The smallest absolute Gasteiger partial charge is 0.225 e. The highest BCUT2D eigenvalue weighted by Gasteiger charge is 2.29. The molecule has 1 N–H and O–H groups in total. The highest BCUT2D eigenvalue weighted by Crippen LogP contribution is 2.19. The zero-order valence-corrected chi connectivity index (χ0v) is 16.5. The molecule has 0 saturated carbocycles. The predicted molar refractivity (Wildman–Crippen MR) is 109 cm³/mol. The molecular weight excluding hydrogens is 371 g/mol. The van der Waals surface area contributed by atoms with E-state index in [2.05, 4.69) is 17.4 Å². The molecule has 1 heterocycles. The van der Waals surface area contributed by atoms with Gasteiger partial charge in [-0.25, -0.2) is 4.39 Å². The van der Waals surface area contributed by atoms with Gasteiger partial charge in [-0.15, -0.1) is 0 Å². The van der Waals surface area contributed by atoms with Crippen LogP contribution in [0.25, 0.3) is 0 Å². The van der Waals surface area contributed by atoms with E-state index in [0.29, 0.717) is 32.5 Å². The van der Waals surface area contributed by atoms with E-state index in [1.165, 1.54) is 11.6 Å². The Bertz CT molecular complexity index is 813. The number of likely N-dealkylation sites (tertiary alicyclic amines) is 1. The lowest BCUT2D eigenvalue weighted by Crippen LogP contribution is -2.46. The topological polar surface area (TPSA) is 58.6 Å². The molecule has 2 aromatic rings. The highest BCUT2D eigenvalue weighted by atomic mass is 19.1. The van der Waals surface area contributed by atoms with E-state index in [0.717, 1.165) is 12.8 Å². The van der Waals surface area contributed by atoms with Crippen molar-refractivity contribution in [1.82, 2.24) is 10.2 Å². The number of nitrogens with zero attached hydrogens (tertiary/aromatic N) is 1. The van der Waals surface area contributed by atoms with Crippen LogP contribution in [0.5, 0.6) is 5.75 Å². The second kappa shape index (κ2) is 10.6. The lowest BCUT2D eigenvalue weighted by atomic mass is 9.96. The molecule has 0 aliphatic carbocycles. The first-order valence-corrected chi connectivity index (χ1v) is 10.1. The number of hydrogen-bond donors (Lipinski definition) is 1. The van der Waals surface area contributed by atoms with Gasteiger partial charge < -0.3 is 15.0 Å². The molecule has 6 heteroatoms. The molecule has 1 aliphatic heterocycles. The minimum absolute atomic E-state index is 0.0808. The largest absolute Gasteiger partial charge is 0.489 e. The Morgan fingerprint density at radius 1 is 1.14 bits per heavy atom. The van der Waals surface area contributed by atoms with Crippen molar-refractivity contribution in [1.29, 1.82) is 0 Å². The van der Waals surface area contributed by atoms with E-state index in [1.807, 2.05) is 18.2 Å². The minimum Gasteiger partial charge on any atom is -0.489 e. The molecule has 2 amide bonds. The van der Waals surface area contributed by atoms with Crippen molar-refractivity contribution < 1.29 is 18.7 Å².